The molecule has 0 nitrogen and oxygen atoms in total. The second-order valence-corrected chi connectivity index (χ2v) is 4.12. The molecule has 0 saturated heterocycles. The number of benzene rings is 1. The van der Waals surface area contributed by atoms with Crippen molar-refractivity contribution in [2.45, 2.75) is 26.2 Å². The van der Waals surface area contributed by atoms with Crippen molar-refractivity contribution < 1.29 is 0 Å². The van der Waals surface area contributed by atoms with Crippen LogP contribution in [0.4, 0.5) is 0 Å². The highest BCUT2D eigenvalue weighted by Gasteiger charge is 2.26. The zero-order valence-electron chi connectivity index (χ0n) is 10.0. The summed E-state index contributed by atoms with van der Waals surface area (Å²) in [5, 5.41) is 0. The molecule has 2 rings (SSSR count). The van der Waals surface area contributed by atoms with Crippen molar-refractivity contribution in [1.82, 2.24) is 0 Å². The molecule has 0 aromatic heterocycles. The number of rotatable bonds is 3. The molecule has 1 aromatic rings. The SMILES string of the molecule is C=CC1=C(/C=C\C)C(CC)c2ccccc21. The van der Waals surface area contributed by atoms with Crippen LogP contribution in [0.15, 0.2) is 54.6 Å². The van der Waals surface area contributed by atoms with E-state index in [-0.39, 0.29) is 0 Å². The molecule has 0 bridgehead atoms. The Kier molecular flexibility index (Phi) is 3.09. The minimum atomic E-state index is 0.542. The fraction of sp³-hybridized carbons (Fsp3) is 0.250. The van der Waals surface area contributed by atoms with Gasteiger partial charge in [0.25, 0.3) is 0 Å². The molecule has 1 aromatic carbocycles. The van der Waals surface area contributed by atoms with Gasteiger partial charge in [0.05, 0.1) is 0 Å². The average molecular weight is 210 g/mol. The fourth-order valence-electron chi connectivity index (χ4n) is 2.61. The summed E-state index contributed by atoms with van der Waals surface area (Å²) >= 11 is 0. The van der Waals surface area contributed by atoms with Crippen LogP contribution in [-0.4, -0.2) is 0 Å². The van der Waals surface area contributed by atoms with E-state index < -0.39 is 0 Å². The summed E-state index contributed by atoms with van der Waals surface area (Å²) in [7, 11) is 0. The number of allylic oxidation sites excluding steroid dienone is 5. The maximum Gasteiger partial charge on any atom is 0.00989 e. The van der Waals surface area contributed by atoms with Gasteiger partial charge in [-0.05, 0) is 35.6 Å². The number of hydrogen-bond donors (Lipinski definition) is 0. The van der Waals surface area contributed by atoms with Gasteiger partial charge in [-0.3, -0.25) is 0 Å². The molecule has 0 saturated carbocycles. The van der Waals surface area contributed by atoms with Crippen molar-refractivity contribution in [3.63, 3.8) is 0 Å². The van der Waals surface area contributed by atoms with E-state index in [1.807, 2.05) is 6.08 Å². The van der Waals surface area contributed by atoms with Gasteiger partial charge in [-0.15, -0.1) is 0 Å². The number of hydrogen-bond acceptors (Lipinski definition) is 0. The largest absolute Gasteiger partial charge is 0.0984 e. The van der Waals surface area contributed by atoms with Crippen LogP contribution < -0.4 is 0 Å². The molecule has 16 heavy (non-hydrogen) atoms. The first-order valence-electron chi connectivity index (χ1n) is 5.92. The van der Waals surface area contributed by atoms with Crippen LogP contribution in [0.25, 0.3) is 5.57 Å². The second kappa shape index (κ2) is 4.52. The first-order chi connectivity index (χ1) is 7.83. The highest BCUT2D eigenvalue weighted by molar-refractivity contribution is 5.85. The third-order valence-electron chi connectivity index (χ3n) is 3.27. The molecule has 1 atom stereocenters. The van der Waals surface area contributed by atoms with Crippen molar-refractivity contribution in [2.24, 2.45) is 0 Å². The Morgan fingerprint density at radius 3 is 2.69 bits per heavy atom. The van der Waals surface area contributed by atoms with E-state index >= 15 is 0 Å². The quantitative estimate of drug-likeness (QED) is 0.677. The van der Waals surface area contributed by atoms with Crippen molar-refractivity contribution in [1.29, 1.82) is 0 Å². The lowest BCUT2D eigenvalue weighted by Gasteiger charge is -2.11. The normalized spacial score (nSPS) is 19.2. The molecular weight excluding hydrogens is 192 g/mol. The van der Waals surface area contributed by atoms with Crippen LogP contribution in [-0.2, 0) is 0 Å². The molecule has 0 heteroatoms. The smallest absolute Gasteiger partial charge is 0.00989 e. The fourth-order valence-corrected chi connectivity index (χ4v) is 2.61. The maximum absolute atomic E-state index is 3.95. The molecule has 0 aliphatic heterocycles. The summed E-state index contributed by atoms with van der Waals surface area (Å²) < 4.78 is 0. The molecule has 0 heterocycles. The molecule has 1 aliphatic rings. The molecule has 0 N–H and O–H groups in total. The summed E-state index contributed by atoms with van der Waals surface area (Å²) in [6.07, 6.45) is 7.48. The second-order valence-electron chi connectivity index (χ2n) is 4.12. The molecule has 0 radical (unpaired) electrons. The van der Waals surface area contributed by atoms with E-state index in [4.69, 9.17) is 0 Å². The van der Waals surface area contributed by atoms with Crippen LogP contribution in [0, 0.1) is 0 Å². The minimum absolute atomic E-state index is 0.542. The number of fused-ring (bicyclic) bond motifs is 1. The Bertz CT molecular complexity index is 461. The zero-order chi connectivity index (χ0) is 11.5. The lowest BCUT2D eigenvalue weighted by atomic mass is 9.93. The molecule has 1 aliphatic carbocycles. The standard InChI is InChI=1S/C16H18/c1-4-9-14-12(5-2)15-10-7-8-11-16(15)13(14)6-3/h4-5,7-11,13H,2,6H2,1,3H3/b9-4-. The zero-order valence-corrected chi connectivity index (χ0v) is 10.0. The van der Waals surface area contributed by atoms with E-state index in [0.29, 0.717) is 5.92 Å². The van der Waals surface area contributed by atoms with Crippen LogP contribution >= 0.6 is 0 Å². The summed E-state index contributed by atoms with van der Waals surface area (Å²) in [5.74, 6) is 0.542. The third-order valence-corrected chi connectivity index (χ3v) is 3.27. The lowest BCUT2D eigenvalue weighted by molar-refractivity contribution is 0.791. The molecule has 0 fully saturated rings. The molecule has 0 spiro atoms. The van der Waals surface area contributed by atoms with Crippen molar-refractivity contribution in [3.05, 3.63) is 65.8 Å². The van der Waals surface area contributed by atoms with Gasteiger partial charge in [-0.2, -0.15) is 0 Å². The van der Waals surface area contributed by atoms with E-state index in [2.05, 4.69) is 56.8 Å². The van der Waals surface area contributed by atoms with Gasteiger partial charge in [0, 0.05) is 5.92 Å². The third kappa shape index (κ3) is 1.55. The highest BCUT2D eigenvalue weighted by atomic mass is 14.3. The van der Waals surface area contributed by atoms with E-state index in [9.17, 15) is 0 Å². The first-order valence-corrected chi connectivity index (χ1v) is 5.92. The van der Waals surface area contributed by atoms with Crippen LogP contribution in [0.3, 0.4) is 0 Å². The molecule has 0 amide bonds. The van der Waals surface area contributed by atoms with E-state index in [1.54, 1.807) is 0 Å². The Labute approximate surface area is 98.0 Å². The van der Waals surface area contributed by atoms with Gasteiger partial charge in [0.2, 0.25) is 0 Å². The Hall–Kier alpha value is -1.56. The van der Waals surface area contributed by atoms with Crippen molar-refractivity contribution >= 4 is 5.57 Å². The Morgan fingerprint density at radius 1 is 1.31 bits per heavy atom. The van der Waals surface area contributed by atoms with Gasteiger partial charge in [0.15, 0.2) is 0 Å². The minimum Gasteiger partial charge on any atom is -0.0984 e. The van der Waals surface area contributed by atoms with E-state index in [1.165, 1.54) is 22.3 Å². The van der Waals surface area contributed by atoms with Gasteiger partial charge in [-0.1, -0.05) is 56.0 Å². The highest BCUT2D eigenvalue weighted by Crippen LogP contribution is 2.44. The summed E-state index contributed by atoms with van der Waals surface area (Å²) in [6, 6.07) is 8.67. The van der Waals surface area contributed by atoms with Crippen LogP contribution in [0.1, 0.15) is 37.3 Å². The summed E-state index contributed by atoms with van der Waals surface area (Å²) in [6.45, 7) is 8.27. The average Bonchev–Trinajstić information content (AvgIpc) is 2.62. The maximum atomic E-state index is 3.95. The van der Waals surface area contributed by atoms with Gasteiger partial charge in [-0.25, -0.2) is 0 Å². The van der Waals surface area contributed by atoms with Gasteiger partial charge < -0.3 is 0 Å². The van der Waals surface area contributed by atoms with Gasteiger partial charge >= 0.3 is 0 Å². The molecular formula is C16H18. The molecule has 82 valence electrons. The van der Waals surface area contributed by atoms with Crippen LogP contribution in [0.5, 0.6) is 0 Å². The monoisotopic (exact) mass is 210 g/mol. The van der Waals surface area contributed by atoms with Crippen LogP contribution in [0.2, 0.25) is 0 Å². The molecule has 1 unspecified atom stereocenters. The predicted molar refractivity (Wildman–Crippen MR) is 71.4 cm³/mol. The Morgan fingerprint density at radius 2 is 2.06 bits per heavy atom. The van der Waals surface area contributed by atoms with Crippen molar-refractivity contribution in [2.75, 3.05) is 0 Å². The van der Waals surface area contributed by atoms with Gasteiger partial charge in [0.1, 0.15) is 0 Å². The summed E-state index contributed by atoms with van der Waals surface area (Å²) in [4.78, 5) is 0. The van der Waals surface area contributed by atoms with Crippen molar-refractivity contribution in [3.8, 4) is 0 Å². The lowest BCUT2D eigenvalue weighted by Crippen LogP contribution is -1.94. The first kappa shape index (κ1) is 10.9. The topological polar surface area (TPSA) is 0 Å². The van der Waals surface area contributed by atoms with E-state index in [0.717, 1.165) is 6.42 Å². The Balaban J connectivity index is 2.63. The predicted octanol–water partition coefficient (Wildman–Crippen LogP) is 4.71. The summed E-state index contributed by atoms with van der Waals surface area (Å²) in [5.41, 5.74) is 5.53.